The van der Waals surface area contributed by atoms with E-state index in [4.69, 9.17) is 19.4 Å². The lowest BCUT2D eigenvalue weighted by Crippen LogP contribution is -2.53. The van der Waals surface area contributed by atoms with Crippen LogP contribution in [0.4, 0.5) is 9.59 Å². The van der Waals surface area contributed by atoms with Crippen LogP contribution in [-0.2, 0) is 19.1 Å². The average Bonchev–Trinajstić information content (AvgIpc) is 4.09. The summed E-state index contributed by atoms with van der Waals surface area (Å²) in [4.78, 5) is 72.0. The molecule has 5 aromatic rings. The Balaban J connectivity index is 1.03. The minimum Gasteiger partial charge on any atom is -0.453 e. The Labute approximate surface area is 350 Å². The van der Waals surface area contributed by atoms with Crippen LogP contribution >= 0.6 is 0 Å². The van der Waals surface area contributed by atoms with Crippen LogP contribution in [0.25, 0.3) is 44.5 Å². The largest absolute Gasteiger partial charge is 0.453 e. The van der Waals surface area contributed by atoms with Gasteiger partial charge in [-0.05, 0) is 83.9 Å². The second-order valence-corrected chi connectivity index (χ2v) is 16.5. The molecule has 0 aliphatic carbocycles. The van der Waals surface area contributed by atoms with Crippen molar-refractivity contribution < 1.29 is 28.7 Å². The third-order valence-electron chi connectivity index (χ3n) is 12.0. The molecule has 0 radical (unpaired) electrons. The van der Waals surface area contributed by atoms with Gasteiger partial charge in [-0.15, -0.1) is 0 Å². The highest BCUT2D eigenvalue weighted by Crippen LogP contribution is 2.39. The molecule has 4 N–H and O–H groups in total. The zero-order chi connectivity index (χ0) is 42.7. The minimum absolute atomic E-state index is 0.0538. The van der Waals surface area contributed by atoms with Crippen LogP contribution in [0.5, 0.6) is 0 Å². The molecule has 316 valence electrons. The SMILES string of the molecule is CC[C@@H]1CC[C@@H](c2ncc(-c3ccc(-c4ccc(-c5ccc6nc([C@@H]7CCCN7C(=O)[C@@H](NC(=O)OC)C(C)C)[nH]c6c5)cc4)cc3)[nH]2)N1C(=O)[C@@H](NC(=O)OC)C(C)C. The number of H-pyrrole nitrogens is 2. The summed E-state index contributed by atoms with van der Waals surface area (Å²) in [6.07, 6.45) is 4.67. The van der Waals surface area contributed by atoms with Gasteiger partial charge < -0.3 is 39.9 Å². The maximum absolute atomic E-state index is 13.9. The van der Waals surface area contributed by atoms with Crippen LogP contribution in [-0.4, -0.2) is 92.6 Å². The summed E-state index contributed by atoms with van der Waals surface area (Å²) in [5.41, 5.74) is 7.84. The number of amides is 4. The fraction of sp³-hybridized carbons (Fsp3) is 0.435. The van der Waals surface area contributed by atoms with Crippen molar-refractivity contribution in [3.05, 3.63) is 84.6 Å². The van der Waals surface area contributed by atoms with Gasteiger partial charge in [0, 0.05) is 12.6 Å². The Morgan fingerprint density at radius 3 is 1.87 bits per heavy atom. The molecule has 2 aliphatic rings. The maximum atomic E-state index is 13.9. The van der Waals surface area contributed by atoms with Crippen molar-refractivity contribution in [1.29, 1.82) is 0 Å². The lowest BCUT2D eigenvalue weighted by molar-refractivity contribution is -0.138. The summed E-state index contributed by atoms with van der Waals surface area (Å²) < 4.78 is 9.59. The topological polar surface area (TPSA) is 175 Å². The van der Waals surface area contributed by atoms with Crippen LogP contribution in [0.3, 0.4) is 0 Å². The molecule has 0 bridgehead atoms. The Morgan fingerprint density at radius 1 is 0.717 bits per heavy atom. The van der Waals surface area contributed by atoms with Crippen LogP contribution < -0.4 is 10.6 Å². The lowest BCUT2D eigenvalue weighted by Gasteiger charge is -2.34. The van der Waals surface area contributed by atoms with Gasteiger partial charge in [-0.25, -0.2) is 19.6 Å². The first-order valence-corrected chi connectivity index (χ1v) is 21.0. The van der Waals surface area contributed by atoms with Gasteiger partial charge in [0.15, 0.2) is 0 Å². The number of likely N-dealkylation sites (tertiary alicyclic amines) is 2. The summed E-state index contributed by atoms with van der Waals surface area (Å²) in [7, 11) is 2.59. The number of ether oxygens (including phenoxy) is 2. The predicted octanol–water partition coefficient (Wildman–Crippen LogP) is 8.15. The van der Waals surface area contributed by atoms with E-state index in [1.807, 2.05) is 49.8 Å². The first kappa shape index (κ1) is 42.0. The number of rotatable bonds is 12. The van der Waals surface area contributed by atoms with E-state index in [0.717, 1.165) is 88.3 Å². The summed E-state index contributed by atoms with van der Waals surface area (Å²) in [6, 6.07) is 21.2. The monoisotopic (exact) mass is 816 g/mol. The van der Waals surface area contributed by atoms with Crippen molar-refractivity contribution in [3.8, 4) is 33.5 Å². The van der Waals surface area contributed by atoms with Gasteiger partial charge in [-0.1, -0.05) is 89.2 Å². The predicted molar refractivity (Wildman–Crippen MR) is 229 cm³/mol. The van der Waals surface area contributed by atoms with E-state index in [9.17, 15) is 19.2 Å². The summed E-state index contributed by atoms with van der Waals surface area (Å²) >= 11 is 0. The molecule has 14 nitrogen and oxygen atoms in total. The quantitative estimate of drug-likeness (QED) is 0.0976. The Hall–Kier alpha value is -6.18. The highest BCUT2D eigenvalue weighted by Gasteiger charge is 2.42. The van der Waals surface area contributed by atoms with Crippen LogP contribution in [0.2, 0.25) is 0 Å². The van der Waals surface area contributed by atoms with Gasteiger partial charge in [0.25, 0.3) is 0 Å². The fourth-order valence-electron chi connectivity index (χ4n) is 8.66. The van der Waals surface area contributed by atoms with Crippen molar-refractivity contribution in [1.82, 2.24) is 40.4 Å². The zero-order valence-corrected chi connectivity index (χ0v) is 35.5. The molecular weight excluding hydrogens is 761 g/mol. The molecular formula is C46H56N8O6. The number of alkyl carbamates (subject to hydrolysis) is 2. The van der Waals surface area contributed by atoms with Crippen molar-refractivity contribution >= 4 is 35.0 Å². The van der Waals surface area contributed by atoms with Crippen molar-refractivity contribution in [2.24, 2.45) is 11.8 Å². The van der Waals surface area contributed by atoms with Gasteiger partial charge in [0.2, 0.25) is 11.8 Å². The number of methoxy groups -OCH3 is 2. The van der Waals surface area contributed by atoms with E-state index in [0.29, 0.717) is 6.54 Å². The number of benzene rings is 3. The second kappa shape index (κ2) is 18.0. The van der Waals surface area contributed by atoms with E-state index in [2.05, 4.69) is 88.2 Å². The van der Waals surface area contributed by atoms with Crippen LogP contribution in [0.1, 0.15) is 90.5 Å². The Morgan fingerprint density at radius 2 is 1.28 bits per heavy atom. The summed E-state index contributed by atoms with van der Waals surface area (Å²) in [5, 5.41) is 5.45. The molecule has 7 rings (SSSR count). The third-order valence-corrected chi connectivity index (χ3v) is 12.0. The van der Waals surface area contributed by atoms with E-state index < -0.39 is 24.3 Å². The zero-order valence-electron chi connectivity index (χ0n) is 35.5. The molecule has 60 heavy (non-hydrogen) atoms. The van der Waals surface area contributed by atoms with Crippen molar-refractivity contribution in [2.75, 3.05) is 20.8 Å². The molecule has 4 heterocycles. The number of nitrogens with zero attached hydrogens (tertiary/aromatic N) is 4. The number of aromatic nitrogens is 4. The number of nitrogens with one attached hydrogen (secondary N) is 4. The number of hydrogen-bond donors (Lipinski definition) is 4. The molecule has 5 atom stereocenters. The molecule has 0 unspecified atom stereocenters. The van der Waals surface area contributed by atoms with Gasteiger partial charge >= 0.3 is 12.2 Å². The highest BCUT2D eigenvalue weighted by atomic mass is 16.5. The molecule has 0 spiro atoms. The molecule has 2 aromatic heterocycles. The number of carbonyl (C=O) groups is 4. The minimum atomic E-state index is -0.701. The molecule has 0 saturated carbocycles. The molecule has 14 heteroatoms. The second-order valence-electron chi connectivity index (χ2n) is 16.5. The van der Waals surface area contributed by atoms with Gasteiger partial charge in [-0.3, -0.25) is 9.59 Å². The lowest BCUT2D eigenvalue weighted by atomic mass is 9.99. The normalized spacial score (nSPS) is 18.9. The first-order chi connectivity index (χ1) is 28.9. The Bertz CT molecular complexity index is 2320. The van der Waals surface area contributed by atoms with E-state index in [1.54, 1.807) is 0 Å². The van der Waals surface area contributed by atoms with E-state index >= 15 is 0 Å². The van der Waals surface area contributed by atoms with Crippen LogP contribution in [0.15, 0.2) is 72.9 Å². The smallest absolute Gasteiger partial charge is 0.407 e. The first-order valence-electron chi connectivity index (χ1n) is 21.0. The van der Waals surface area contributed by atoms with Crippen molar-refractivity contribution in [3.63, 3.8) is 0 Å². The van der Waals surface area contributed by atoms with Gasteiger partial charge in [0.1, 0.15) is 23.7 Å². The number of hydrogen-bond acceptors (Lipinski definition) is 8. The average molecular weight is 817 g/mol. The molecule has 2 saturated heterocycles. The number of imidazole rings is 2. The molecule has 2 fully saturated rings. The molecule has 2 aliphatic heterocycles. The standard InChI is InChI=1S/C46H56N8O6/c1-8-33-20-22-38(54(33)44(56)40(27(4)5)52-46(58)60-7)41-47-25-36(50-41)31-17-15-29(16-18-31)28-11-13-30(14-12-28)32-19-21-34-35(24-32)49-42(48-34)37-10-9-23-53(37)43(55)39(26(2)3)51-45(57)59-6/h11-19,21,24-27,33,37-40H,8-10,20,22-23H2,1-7H3,(H,47,50)(H,48,49)(H,51,57)(H,52,58)/t33-,37+,38+,39+,40+/m1/s1. The maximum Gasteiger partial charge on any atom is 0.407 e. The highest BCUT2D eigenvalue weighted by molar-refractivity contribution is 5.88. The summed E-state index contributed by atoms with van der Waals surface area (Å²) in [5.74, 6) is 0.996. The summed E-state index contributed by atoms with van der Waals surface area (Å²) in [6.45, 7) is 10.3. The van der Waals surface area contributed by atoms with Crippen molar-refractivity contribution in [2.45, 2.75) is 96.9 Å². The number of fused-ring (bicyclic) bond motifs is 1. The number of aromatic amines is 2. The molecule has 3 aromatic carbocycles. The Kier molecular flexibility index (Phi) is 12.6. The van der Waals surface area contributed by atoms with Crippen LogP contribution in [0, 0.1) is 11.8 Å². The number of carbonyl (C=O) groups excluding carboxylic acids is 4. The van der Waals surface area contributed by atoms with Gasteiger partial charge in [-0.2, -0.15) is 0 Å². The molecule has 4 amide bonds. The van der Waals surface area contributed by atoms with Gasteiger partial charge in [0.05, 0.1) is 49.2 Å². The van der Waals surface area contributed by atoms with E-state index in [1.165, 1.54) is 14.2 Å². The van der Waals surface area contributed by atoms with E-state index in [-0.39, 0.29) is 41.8 Å². The fourth-order valence-corrected chi connectivity index (χ4v) is 8.66. The third kappa shape index (κ3) is 8.59.